The van der Waals surface area contributed by atoms with Gasteiger partial charge in [-0.05, 0) is 55.6 Å². The Bertz CT molecular complexity index is 984. The number of rotatable bonds is 9. The van der Waals surface area contributed by atoms with Gasteiger partial charge in [0.25, 0.3) is 5.56 Å². The third-order valence-electron chi connectivity index (χ3n) is 4.15. The number of ether oxygens (including phenoxy) is 2. The Hall–Kier alpha value is -3.13. The van der Waals surface area contributed by atoms with Gasteiger partial charge in [-0.3, -0.25) is 9.59 Å². The lowest BCUT2D eigenvalue weighted by atomic mass is 10.3. The van der Waals surface area contributed by atoms with Gasteiger partial charge < -0.3 is 14.8 Å². The number of carbonyl (C=O) groups excluding carboxylic acids is 1. The van der Waals surface area contributed by atoms with Crippen molar-refractivity contribution in [3.63, 3.8) is 0 Å². The highest BCUT2D eigenvalue weighted by atomic mass is 32.1. The molecule has 3 rings (SSSR count). The summed E-state index contributed by atoms with van der Waals surface area (Å²) >= 11 is 1.53. The van der Waals surface area contributed by atoms with Gasteiger partial charge in [0, 0.05) is 6.07 Å². The maximum atomic E-state index is 12.4. The Morgan fingerprint density at radius 3 is 2.52 bits per heavy atom. The van der Waals surface area contributed by atoms with Crippen LogP contribution in [-0.2, 0) is 4.79 Å². The smallest absolute Gasteiger partial charge is 0.267 e. The molecule has 8 heteroatoms. The van der Waals surface area contributed by atoms with Crippen LogP contribution in [0.5, 0.6) is 11.5 Å². The Kier molecular flexibility index (Phi) is 7.02. The molecule has 0 aliphatic carbocycles. The van der Waals surface area contributed by atoms with Gasteiger partial charge in [-0.2, -0.15) is 5.10 Å². The van der Waals surface area contributed by atoms with Crippen LogP contribution in [-0.4, -0.2) is 35.4 Å². The maximum Gasteiger partial charge on any atom is 0.267 e. The van der Waals surface area contributed by atoms with Crippen LogP contribution in [0.1, 0.15) is 19.9 Å². The molecule has 2 aromatic heterocycles. The van der Waals surface area contributed by atoms with E-state index in [-0.39, 0.29) is 11.5 Å². The summed E-state index contributed by atoms with van der Waals surface area (Å²) in [5.41, 5.74) is 0.344. The minimum atomic E-state index is -0.729. The van der Waals surface area contributed by atoms with Crippen molar-refractivity contribution >= 4 is 17.2 Å². The van der Waals surface area contributed by atoms with E-state index in [1.54, 1.807) is 13.0 Å². The molecule has 29 heavy (non-hydrogen) atoms. The standard InChI is InChI=1S/C21H23N3O4S/c1-3-27-16-6-8-17(9-7-16)28-13-12-22-21(26)15(2)24-20(25)11-10-18(23-24)19-5-4-14-29-19/h4-11,14-15H,3,12-13H2,1-2H3,(H,22,26). The summed E-state index contributed by atoms with van der Waals surface area (Å²) in [7, 11) is 0. The molecule has 0 aliphatic heterocycles. The zero-order chi connectivity index (χ0) is 20.6. The first-order valence-electron chi connectivity index (χ1n) is 9.35. The molecular formula is C21H23N3O4S. The van der Waals surface area contributed by atoms with Crippen molar-refractivity contribution < 1.29 is 14.3 Å². The third-order valence-corrected chi connectivity index (χ3v) is 5.04. The van der Waals surface area contributed by atoms with E-state index in [2.05, 4.69) is 10.4 Å². The van der Waals surface area contributed by atoms with E-state index in [4.69, 9.17) is 9.47 Å². The van der Waals surface area contributed by atoms with Crippen LogP contribution in [0, 0.1) is 0 Å². The maximum absolute atomic E-state index is 12.4. The molecule has 0 fully saturated rings. The Labute approximate surface area is 172 Å². The molecule has 1 unspecified atom stereocenters. The summed E-state index contributed by atoms with van der Waals surface area (Å²) in [6.45, 7) is 4.81. The molecule has 152 valence electrons. The van der Waals surface area contributed by atoms with E-state index in [0.29, 0.717) is 31.2 Å². The summed E-state index contributed by atoms with van der Waals surface area (Å²) < 4.78 is 12.2. The zero-order valence-corrected chi connectivity index (χ0v) is 17.1. The molecule has 0 radical (unpaired) electrons. The summed E-state index contributed by atoms with van der Waals surface area (Å²) in [5.74, 6) is 1.18. The van der Waals surface area contributed by atoms with E-state index in [1.807, 2.05) is 48.7 Å². The van der Waals surface area contributed by atoms with Crippen LogP contribution in [0.15, 0.2) is 58.7 Å². The second-order valence-electron chi connectivity index (χ2n) is 6.20. The lowest BCUT2D eigenvalue weighted by Gasteiger charge is -2.15. The molecule has 1 N–H and O–H groups in total. The van der Waals surface area contributed by atoms with E-state index in [0.717, 1.165) is 10.6 Å². The molecule has 0 bridgehead atoms. The van der Waals surface area contributed by atoms with Crippen LogP contribution in [0.2, 0.25) is 0 Å². The van der Waals surface area contributed by atoms with Crippen molar-refractivity contribution in [2.45, 2.75) is 19.9 Å². The summed E-state index contributed by atoms with van der Waals surface area (Å²) in [6, 6.07) is 13.5. The average molecular weight is 413 g/mol. The van der Waals surface area contributed by atoms with Gasteiger partial charge in [0.05, 0.1) is 18.0 Å². The number of hydrogen-bond donors (Lipinski definition) is 1. The van der Waals surface area contributed by atoms with Gasteiger partial charge in [0.15, 0.2) is 0 Å². The molecule has 0 saturated heterocycles. The van der Waals surface area contributed by atoms with Crippen LogP contribution in [0.3, 0.4) is 0 Å². The van der Waals surface area contributed by atoms with Gasteiger partial charge in [-0.1, -0.05) is 6.07 Å². The predicted octanol–water partition coefficient (Wildman–Crippen LogP) is 3.13. The van der Waals surface area contributed by atoms with Crippen molar-refractivity contribution in [2.75, 3.05) is 19.8 Å². The highest BCUT2D eigenvalue weighted by Crippen LogP contribution is 2.21. The predicted molar refractivity (Wildman–Crippen MR) is 113 cm³/mol. The number of benzene rings is 1. The summed E-state index contributed by atoms with van der Waals surface area (Å²) in [4.78, 5) is 25.5. The van der Waals surface area contributed by atoms with E-state index < -0.39 is 6.04 Å². The van der Waals surface area contributed by atoms with Crippen molar-refractivity contribution in [3.05, 3.63) is 64.3 Å². The number of hydrogen-bond acceptors (Lipinski definition) is 6. The number of nitrogens with zero attached hydrogens (tertiary/aromatic N) is 2. The van der Waals surface area contributed by atoms with E-state index in [9.17, 15) is 9.59 Å². The van der Waals surface area contributed by atoms with Crippen molar-refractivity contribution in [1.29, 1.82) is 0 Å². The second kappa shape index (κ2) is 9.88. The zero-order valence-electron chi connectivity index (χ0n) is 16.3. The lowest BCUT2D eigenvalue weighted by Crippen LogP contribution is -2.38. The molecule has 0 aliphatic rings. The minimum absolute atomic E-state index is 0.293. The van der Waals surface area contributed by atoms with Gasteiger partial charge in [0.1, 0.15) is 29.8 Å². The van der Waals surface area contributed by atoms with Crippen molar-refractivity contribution in [2.24, 2.45) is 0 Å². The third kappa shape index (κ3) is 5.45. The fourth-order valence-electron chi connectivity index (χ4n) is 2.66. The quantitative estimate of drug-likeness (QED) is 0.545. The van der Waals surface area contributed by atoms with Gasteiger partial charge in [-0.25, -0.2) is 4.68 Å². The minimum Gasteiger partial charge on any atom is -0.494 e. The topological polar surface area (TPSA) is 82.4 Å². The molecule has 0 spiro atoms. The number of carbonyl (C=O) groups is 1. The molecule has 2 heterocycles. The monoisotopic (exact) mass is 413 g/mol. The van der Waals surface area contributed by atoms with Gasteiger partial charge >= 0.3 is 0 Å². The largest absolute Gasteiger partial charge is 0.494 e. The molecule has 3 aromatic rings. The van der Waals surface area contributed by atoms with Gasteiger partial charge in [-0.15, -0.1) is 11.3 Å². The van der Waals surface area contributed by atoms with Crippen LogP contribution >= 0.6 is 11.3 Å². The molecule has 1 atom stereocenters. The van der Waals surface area contributed by atoms with Crippen molar-refractivity contribution in [1.82, 2.24) is 15.1 Å². The number of thiophene rings is 1. The lowest BCUT2D eigenvalue weighted by molar-refractivity contribution is -0.124. The Morgan fingerprint density at radius 2 is 1.86 bits per heavy atom. The second-order valence-corrected chi connectivity index (χ2v) is 7.15. The summed E-state index contributed by atoms with van der Waals surface area (Å²) in [6.07, 6.45) is 0. The van der Waals surface area contributed by atoms with E-state index in [1.165, 1.54) is 22.1 Å². The molecule has 1 aromatic carbocycles. The molecular weight excluding hydrogens is 390 g/mol. The number of amides is 1. The highest BCUT2D eigenvalue weighted by molar-refractivity contribution is 7.13. The Balaban J connectivity index is 1.53. The average Bonchev–Trinajstić information content (AvgIpc) is 3.27. The van der Waals surface area contributed by atoms with Gasteiger partial charge in [0.2, 0.25) is 5.91 Å². The SMILES string of the molecule is CCOc1ccc(OCCNC(=O)C(C)n2nc(-c3cccs3)ccc2=O)cc1. The first-order valence-corrected chi connectivity index (χ1v) is 10.2. The molecule has 0 saturated carbocycles. The van der Waals surface area contributed by atoms with E-state index >= 15 is 0 Å². The number of aromatic nitrogens is 2. The van der Waals surface area contributed by atoms with Crippen molar-refractivity contribution in [3.8, 4) is 22.1 Å². The normalized spacial score (nSPS) is 11.7. The molecule has 1 amide bonds. The highest BCUT2D eigenvalue weighted by Gasteiger charge is 2.18. The van der Waals surface area contributed by atoms with Crippen LogP contribution in [0.4, 0.5) is 0 Å². The first-order chi connectivity index (χ1) is 14.1. The summed E-state index contributed by atoms with van der Waals surface area (Å²) in [5, 5.41) is 9.06. The number of nitrogens with one attached hydrogen (secondary N) is 1. The van der Waals surface area contributed by atoms with Crippen LogP contribution < -0.4 is 20.3 Å². The fraction of sp³-hybridized carbons (Fsp3) is 0.286. The fourth-order valence-corrected chi connectivity index (χ4v) is 3.35. The Morgan fingerprint density at radius 1 is 1.14 bits per heavy atom. The molecule has 7 nitrogen and oxygen atoms in total. The van der Waals surface area contributed by atoms with Crippen LogP contribution in [0.25, 0.3) is 10.6 Å². The first kappa shape index (κ1) is 20.6.